The highest BCUT2D eigenvalue weighted by molar-refractivity contribution is 5.76. The van der Waals surface area contributed by atoms with Gasteiger partial charge in [0, 0.05) is 0 Å². The first-order valence-corrected chi connectivity index (χ1v) is 3.70. The highest BCUT2D eigenvalue weighted by Crippen LogP contribution is 2.18. The van der Waals surface area contributed by atoms with Gasteiger partial charge in [-0.3, -0.25) is 0 Å². The Hall–Kier alpha value is -1.55. The van der Waals surface area contributed by atoms with E-state index in [0.29, 0.717) is 5.56 Å². The third kappa shape index (κ3) is 2.19. The van der Waals surface area contributed by atoms with Crippen LogP contribution in [0.4, 0.5) is 0 Å². The maximum absolute atomic E-state index is 10.9. The van der Waals surface area contributed by atoms with Crippen molar-refractivity contribution in [3.63, 3.8) is 0 Å². The largest absolute Gasteiger partial charge is 0.508 e. The number of carbonyl (C=O) groups excluding carboxylic acids is 1. The second-order valence-corrected chi connectivity index (χ2v) is 2.52. The number of esters is 1. The van der Waals surface area contributed by atoms with Gasteiger partial charge in [-0.2, -0.15) is 0 Å². The molecule has 0 fully saturated rings. The number of aromatic hydroxyl groups is 1. The fraction of sp³-hybridized carbons (Fsp3) is 0.222. The van der Waals surface area contributed by atoms with Gasteiger partial charge in [0.25, 0.3) is 0 Å². The van der Waals surface area contributed by atoms with Crippen molar-refractivity contribution in [1.82, 2.24) is 0 Å². The van der Waals surface area contributed by atoms with Gasteiger partial charge in [0.2, 0.25) is 0 Å². The van der Waals surface area contributed by atoms with E-state index in [9.17, 15) is 9.90 Å². The Morgan fingerprint density at radius 3 is 2.77 bits per heavy atom. The number of rotatable bonds is 2. The van der Waals surface area contributed by atoms with Crippen LogP contribution < -0.4 is 0 Å². The lowest BCUT2D eigenvalue weighted by Crippen LogP contribution is -2.13. The topological polar surface area (TPSA) is 66.8 Å². The summed E-state index contributed by atoms with van der Waals surface area (Å²) in [4.78, 5) is 10.9. The summed E-state index contributed by atoms with van der Waals surface area (Å²) < 4.78 is 4.34. The molecule has 1 rings (SSSR count). The molecule has 1 aromatic carbocycles. The van der Waals surface area contributed by atoms with Crippen LogP contribution in [0.1, 0.15) is 11.7 Å². The molecule has 0 aliphatic carbocycles. The average Bonchev–Trinajstić information content (AvgIpc) is 2.15. The summed E-state index contributed by atoms with van der Waals surface area (Å²) >= 11 is 0. The van der Waals surface area contributed by atoms with Gasteiger partial charge < -0.3 is 14.9 Å². The third-order valence-corrected chi connectivity index (χ3v) is 1.61. The standard InChI is InChI=1S/C9H10O4/c1-13-9(12)8(11)6-3-2-4-7(10)5-6/h2-5,8,10-11H,1H3/t8-/m1/s1. The second kappa shape index (κ2) is 3.91. The SMILES string of the molecule is COC(=O)[C@H](O)c1cccc(O)c1. The molecule has 1 aromatic rings. The van der Waals surface area contributed by atoms with E-state index in [-0.39, 0.29) is 5.75 Å². The molecule has 0 bridgehead atoms. The van der Waals surface area contributed by atoms with Crippen LogP contribution in [0.2, 0.25) is 0 Å². The number of carbonyl (C=O) groups is 1. The molecule has 1 atom stereocenters. The van der Waals surface area contributed by atoms with Crippen LogP contribution in [0.25, 0.3) is 0 Å². The van der Waals surface area contributed by atoms with Gasteiger partial charge in [-0.25, -0.2) is 4.79 Å². The molecule has 0 unspecified atom stereocenters. The number of aliphatic hydroxyl groups excluding tert-OH is 1. The summed E-state index contributed by atoms with van der Waals surface area (Å²) in [6, 6.07) is 5.83. The molecule has 0 saturated carbocycles. The molecule has 0 spiro atoms. The van der Waals surface area contributed by atoms with Gasteiger partial charge in [0.1, 0.15) is 5.75 Å². The molecule has 0 aliphatic heterocycles. The van der Waals surface area contributed by atoms with E-state index in [1.807, 2.05) is 0 Å². The minimum absolute atomic E-state index is 0.000420. The van der Waals surface area contributed by atoms with E-state index in [1.54, 1.807) is 0 Å². The zero-order valence-corrected chi connectivity index (χ0v) is 7.10. The minimum atomic E-state index is -1.34. The smallest absolute Gasteiger partial charge is 0.339 e. The van der Waals surface area contributed by atoms with Crippen molar-refractivity contribution in [3.8, 4) is 5.75 Å². The number of phenolic OH excluding ortho intramolecular Hbond substituents is 1. The van der Waals surface area contributed by atoms with E-state index in [2.05, 4.69) is 4.74 Å². The molecule has 0 amide bonds. The van der Waals surface area contributed by atoms with E-state index >= 15 is 0 Å². The molecule has 0 saturated heterocycles. The number of hydrogen-bond acceptors (Lipinski definition) is 4. The van der Waals surface area contributed by atoms with Crippen LogP contribution in [-0.2, 0) is 9.53 Å². The molecule has 0 aromatic heterocycles. The van der Waals surface area contributed by atoms with E-state index in [4.69, 9.17) is 5.11 Å². The molecule has 4 heteroatoms. The number of ether oxygens (including phenoxy) is 1. The molecular weight excluding hydrogens is 172 g/mol. The van der Waals surface area contributed by atoms with Gasteiger partial charge in [0.15, 0.2) is 6.10 Å². The summed E-state index contributed by atoms with van der Waals surface area (Å²) in [5.41, 5.74) is 0.312. The van der Waals surface area contributed by atoms with Gasteiger partial charge in [-0.1, -0.05) is 12.1 Å². The van der Waals surface area contributed by atoms with Gasteiger partial charge in [0.05, 0.1) is 7.11 Å². The summed E-state index contributed by atoms with van der Waals surface area (Å²) in [5, 5.41) is 18.4. The number of phenols is 1. The monoisotopic (exact) mass is 182 g/mol. The Morgan fingerprint density at radius 2 is 2.23 bits per heavy atom. The van der Waals surface area contributed by atoms with Crippen molar-refractivity contribution in [1.29, 1.82) is 0 Å². The Bertz CT molecular complexity index is 308. The Labute approximate surface area is 75.4 Å². The van der Waals surface area contributed by atoms with E-state index in [0.717, 1.165) is 0 Å². The first kappa shape index (κ1) is 9.54. The molecule has 13 heavy (non-hydrogen) atoms. The highest BCUT2D eigenvalue weighted by atomic mass is 16.5. The van der Waals surface area contributed by atoms with Crippen molar-refractivity contribution in [2.45, 2.75) is 6.10 Å². The van der Waals surface area contributed by atoms with Crippen LogP contribution in [0.3, 0.4) is 0 Å². The van der Waals surface area contributed by atoms with Crippen molar-refractivity contribution in [2.24, 2.45) is 0 Å². The number of aliphatic hydroxyl groups is 1. The average molecular weight is 182 g/mol. The molecule has 2 N–H and O–H groups in total. The van der Waals surface area contributed by atoms with Crippen LogP contribution in [0, 0.1) is 0 Å². The lowest BCUT2D eigenvalue weighted by Gasteiger charge is -2.07. The summed E-state index contributed by atoms with van der Waals surface area (Å²) in [6.07, 6.45) is -1.34. The van der Waals surface area contributed by atoms with Crippen LogP contribution in [0.5, 0.6) is 5.75 Å². The van der Waals surface area contributed by atoms with E-state index in [1.165, 1.54) is 31.4 Å². The predicted molar refractivity (Wildman–Crippen MR) is 45.1 cm³/mol. The number of methoxy groups -OCH3 is 1. The lowest BCUT2D eigenvalue weighted by atomic mass is 10.1. The van der Waals surface area contributed by atoms with Crippen molar-refractivity contribution < 1.29 is 19.7 Å². The fourth-order valence-corrected chi connectivity index (χ4v) is 0.943. The molecule has 4 nitrogen and oxygen atoms in total. The first-order valence-electron chi connectivity index (χ1n) is 3.70. The maximum atomic E-state index is 10.9. The maximum Gasteiger partial charge on any atom is 0.339 e. The van der Waals surface area contributed by atoms with Crippen molar-refractivity contribution in [2.75, 3.05) is 7.11 Å². The lowest BCUT2D eigenvalue weighted by molar-refractivity contribution is -0.150. The molecular formula is C9H10O4. The van der Waals surface area contributed by atoms with Gasteiger partial charge in [-0.05, 0) is 17.7 Å². The predicted octanol–water partition coefficient (Wildman–Crippen LogP) is 0.599. The third-order valence-electron chi connectivity index (χ3n) is 1.61. The zero-order chi connectivity index (χ0) is 9.84. The van der Waals surface area contributed by atoms with Crippen LogP contribution in [0.15, 0.2) is 24.3 Å². The summed E-state index contributed by atoms with van der Waals surface area (Å²) in [6.45, 7) is 0. The Morgan fingerprint density at radius 1 is 1.54 bits per heavy atom. The van der Waals surface area contributed by atoms with Crippen molar-refractivity contribution >= 4 is 5.97 Å². The Kier molecular flexibility index (Phi) is 2.87. The fourth-order valence-electron chi connectivity index (χ4n) is 0.943. The molecule has 70 valence electrons. The molecule has 0 heterocycles. The first-order chi connectivity index (χ1) is 6.15. The Balaban J connectivity index is 2.88. The van der Waals surface area contributed by atoms with Gasteiger partial charge >= 0.3 is 5.97 Å². The van der Waals surface area contributed by atoms with Gasteiger partial charge in [-0.15, -0.1) is 0 Å². The van der Waals surface area contributed by atoms with Crippen LogP contribution >= 0.6 is 0 Å². The zero-order valence-electron chi connectivity index (χ0n) is 7.10. The molecule has 0 aliphatic rings. The summed E-state index contributed by atoms with van der Waals surface area (Å²) in [7, 11) is 1.19. The summed E-state index contributed by atoms with van der Waals surface area (Å²) in [5.74, 6) is -0.744. The van der Waals surface area contributed by atoms with Crippen molar-refractivity contribution in [3.05, 3.63) is 29.8 Å². The second-order valence-electron chi connectivity index (χ2n) is 2.52. The van der Waals surface area contributed by atoms with E-state index < -0.39 is 12.1 Å². The number of benzene rings is 1. The minimum Gasteiger partial charge on any atom is -0.508 e. The molecule has 0 radical (unpaired) electrons. The van der Waals surface area contributed by atoms with Crippen LogP contribution in [-0.4, -0.2) is 23.3 Å². The quantitative estimate of drug-likeness (QED) is 0.657. The highest BCUT2D eigenvalue weighted by Gasteiger charge is 2.17. The number of hydrogen-bond donors (Lipinski definition) is 2. The normalized spacial score (nSPS) is 12.2.